The van der Waals surface area contributed by atoms with Gasteiger partial charge in [0.15, 0.2) is 6.10 Å². The Hall–Kier alpha value is -3.59. The summed E-state index contributed by atoms with van der Waals surface area (Å²) in [6.45, 7) is 20.7. The molecule has 0 aliphatic heterocycles. The smallest absolute Gasteiger partial charge is 0.458 e. The van der Waals surface area contributed by atoms with Crippen molar-refractivity contribution in [3.05, 3.63) is 117 Å². The SMILES string of the molecule is CC(C=CC1=C(C)CCCC1(C)C)=CC=CC(C)=CC(=O)OC[C@H](COP(=O)(O)OCC[N+](C)(C)C)OC(=O)C=C(C)C=CC=C(C)C=CC1=C(C)CCCC1(C)C. The summed E-state index contributed by atoms with van der Waals surface area (Å²) in [7, 11) is 1.28. The van der Waals surface area contributed by atoms with Crippen molar-refractivity contribution in [2.24, 2.45) is 10.8 Å². The number of quaternary nitrogens is 1. The molecular weight excluding hydrogens is 750 g/mol. The molecule has 1 N–H and O–H groups in total. The van der Waals surface area contributed by atoms with E-state index in [-0.39, 0.29) is 17.4 Å². The summed E-state index contributed by atoms with van der Waals surface area (Å²) in [6, 6.07) is 0. The maximum atomic E-state index is 13.0. The lowest BCUT2D eigenvalue weighted by Gasteiger charge is -2.33. The van der Waals surface area contributed by atoms with Gasteiger partial charge in [0.05, 0.1) is 27.7 Å². The number of likely N-dealkylation sites (N-methyl/N-ethyl adjacent to an activating group) is 1. The van der Waals surface area contributed by atoms with Gasteiger partial charge in [-0.25, -0.2) is 14.2 Å². The number of nitrogens with zero attached hydrogens (tertiary/aromatic N) is 1. The second-order valence-electron chi connectivity index (χ2n) is 18.1. The number of esters is 2. The Morgan fingerprint density at radius 3 is 1.64 bits per heavy atom. The molecule has 2 aliphatic rings. The van der Waals surface area contributed by atoms with Crippen molar-refractivity contribution in [3.8, 4) is 0 Å². The van der Waals surface area contributed by atoms with E-state index in [0.717, 1.165) is 24.0 Å². The molecule has 0 aromatic rings. The molecule has 0 fully saturated rings. The average molecular weight is 823 g/mol. The van der Waals surface area contributed by atoms with Gasteiger partial charge in [0.2, 0.25) is 0 Å². The van der Waals surface area contributed by atoms with Crippen molar-refractivity contribution < 1.29 is 42.1 Å². The van der Waals surface area contributed by atoms with E-state index in [2.05, 4.69) is 65.8 Å². The van der Waals surface area contributed by atoms with Gasteiger partial charge in [-0.05, 0) is 113 Å². The average Bonchev–Trinajstić information content (AvgIpc) is 3.07. The summed E-state index contributed by atoms with van der Waals surface area (Å²) in [4.78, 5) is 36.0. The molecule has 0 aromatic carbocycles. The minimum Gasteiger partial charge on any atom is -0.458 e. The van der Waals surface area contributed by atoms with Crippen LogP contribution >= 0.6 is 7.82 Å². The van der Waals surface area contributed by atoms with E-state index in [1.165, 1.54) is 60.1 Å². The van der Waals surface area contributed by atoms with Gasteiger partial charge in [0.1, 0.15) is 19.8 Å². The quantitative estimate of drug-likeness (QED) is 0.0425. The molecular formula is C48H73NO8P+. The van der Waals surface area contributed by atoms with Crippen molar-refractivity contribution >= 4 is 19.8 Å². The number of carbonyl (C=O) groups excluding carboxylic acids is 2. The van der Waals surface area contributed by atoms with Crippen molar-refractivity contribution in [1.82, 2.24) is 0 Å². The first kappa shape index (κ1) is 50.6. The predicted molar refractivity (Wildman–Crippen MR) is 238 cm³/mol. The fraction of sp³-hybridized carbons (Fsp3) is 0.542. The molecule has 2 rings (SSSR count). The maximum absolute atomic E-state index is 13.0. The second-order valence-corrected chi connectivity index (χ2v) is 19.6. The lowest BCUT2D eigenvalue weighted by Crippen LogP contribution is -2.37. The van der Waals surface area contributed by atoms with Crippen LogP contribution in [0.4, 0.5) is 0 Å². The van der Waals surface area contributed by atoms with E-state index in [0.29, 0.717) is 22.2 Å². The minimum absolute atomic E-state index is 0.0251. The fourth-order valence-corrected chi connectivity index (χ4v) is 7.65. The standard InChI is InChI=1S/C48H72NO8P/c1-36(24-26-43-40(5)22-16-28-47(43,7)8)18-14-20-38(3)32-45(50)54-34-42(35-56-58(52,53)55-31-30-49(11,12)13)57-46(51)33-39(4)21-15-19-37(2)25-27-44-41(6)23-17-29-48(44,9)10/h14-15,18-21,24-27,32-33,42H,16-17,22-23,28-31,34-35H2,1-13H3/p+1/t42-/m1/s1. The van der Waals surface area contributed by atoms with Crippen LogP contribution in [0.2, 0.25) is 0 Å². The molecule has 0 radical (unpaired) electrons. The molecule has 0 aromatic heterocycles. The first-order valence-corrected chi connectivity index (χ1v) is 22.0. The molecule has 2 aliphatic carbocycles. The molecule has 2 atom stereocenters. The fourth-order valence-electron chi connectivity index (χ4n) is 6.91. The van der Waals surface area contributed by atoms with Gasteiger partial charge >= 0.3 is 19.8 Å². The van der Waals surface area contributed by atoms with Crippen molar-refractivity contribution in [2.45, 2.75) is 114 Å². The number of ether oxygens (including phenoxy) is 2. The molecule has 0 saturated heterocycles. The van der Waals surface area contributed by atoms with Gasteiger partial charge in [0.25, 0.3) is 0 Å². The molecule has 58 heavy (non-hydrogen) atoms. The second kappa shape index (κ2) is 23.3. The van der Waals surface area contributed by atoms with Crippen molar-refractivity contribution in [3.63, 3.8) is 0 Å². The summed E-state index contributed by atoms with van der Waals surface area (Å²) in [5.74, 6) is -1.39. The molecule has 9 nitrogen and oxygen atoms in total. The Morgan fingerprint density at radius 2 is 1.19 bits per heavy atom. The van der Waals surface area contributed by atoms with E-state index >= 15 is 0 Å². The third-order valence-electron chi connectivity index (χ3n) is 10.4. The Balaban J connectivity index is 2.09. The monoisotopic (exact) mass is 823 g/mol. The lowest BCUT2D eigenvalue weighted by molar-refractivity contribution is -0.870. The van der Waals surface area contributed by atoms with E-state index < -0.39 is 39.1 Å². The molecule has 0 spiro atoms. The highest BCUT2D eigenvalue weighted by Gasteiger charge is 2.28. The Labute approximate surface area is 350 Å². The van der Waals surface area contributed by atoms with E-state index in [1.54, 1.807) is 26.0 Å². The summed E-state index contributed by atoms with van der Waals surface area (Å²) in [5.41, 5.74) is 9.41. The zero-order valence-electron chi connectivity index (χ0n) is 37.8. The summed E-state index contributed by atoms with van der Waals surface area (Å²) >= 11 is 0. The van der Waals surface area contributed by atoms with Crippen LogP contribution < -0.4 is 0 Å². The zero-order valence-corrected chi connectivity index (χ0v) is 38.7. The largest absolute Gasteiger partial charge is 0.472 e. The lowest BCUT2D eigenvalue weighted by atomic mass is 9.72. The summed E-state index contributed by atoms with van der Waals surface area (Å²) in [5, 5.41) is 0. The summed E-state index contributed by atoms with van der Waals surface area (Å²) < 4.78 is 34.4. The van der Waals surface area contributed by atoms with Gasteiger partial charge in [0, 0.05) is 12.2 Å². The van der Waals surface area contributed by atoms with Crippen LogP contribution in [0.25, 0.3) is 0 Å². The molecule has 0 bridgehead atoms. The van der Waals surface area contributed by atoms with Crippen molar-refractivity contribution in [2.75, 3.05) is 47.5 Å². The highest BCUT2D eigenvalue weighted by atomic mass is 31.2. The van der Waals surface area contributed by atoms with Crippen LogP contribution in [0.1, 0.15) is 108 Å². The van der Waals surface area contributed by atoms with Gasteiger partial charge in [-0.2, -0.15) is 0 Å². The molecule has 10 heteroatoms. The van der Waals surface area contributed by atoms with Gasteiger partial charge < -0.3 is 18.9 Å². The minimum atomic E-state index is -4.48. The summed E-state index contributed by atoms with van der Waals surface area (Å²) in [6.07, 6.45) is 28.4. The Kier molecular flexibility index (Phi) is 20.3. The van der Waals surface area contributed by atoms with Crippen LogP contribution in [-0.2, 0) is 32.7 Å². The highest BCUT2D eigenvalue weighted by molar-refractivity contribution is 7.47. The number of rotatable bonds is 20. The van der Waals surface area contributed by atoms with E-state index in [9.17, 15) is 19.0 Å². The molecule has 322 valence electrons. The van der Waals surface area contributed by atoms with Gasteiger partial charge in [-0.15, -0.1) is 0 Å². The topological polar surface area (TPSA) is 108 Å². The number of phosphoric acid groups is 1. The number of carbonyl (C=O) groups is 2. The zero-order chi connectivity index (χ0) is 43.7. The normalized spacial score (nSPS) is 20.4. The van der Waals surface area contributed by atoms with Crippen molar-refractivity contribution in [1.29, 1.82) is 0 Å². The third-order valence-corrected chi connectivity index (χ3v) is 11.4. The van der Waals surface area contributed by atoms with E-state index in [1.807, 2.05) is 59.3 Å². The van der Waals surface area contributed by atoms with Crippen LogP contribution in [0, 0.1) is 10.8 Å². The number of hydrogen-bond acceptors (Lipinski definition) is 7. The molecule has 1 unspecified atom stereocenters. The van der Waals surface area contributed by atoms with Gasteiger partial charge in [-0.1, -0.05) is 111 Å². The highest BCUT2D eigenvalue weighted by Crippen LogP contribution is 2.44. The Bertz CT molecular complexity index is 1800. The Morgan fingerprint density at radius 1 is 0.724 bits per heavy atom. The van der Waals surface area contributed by atoms with Crippen LogP contribution in [0.5, 0.6) is 0 Å². The van der Waals surface area contributed by atoms with Crippen LogP contribution in [0.15, 0.2) is 117 Å². The predicted octanol–water partition coefficient (Wildman–Crippen LogP) is 11.3. The molecule has 0 heterocycles. The molecule has 0 saturated carbocycles. The third kappa shape index (κ3) is 19.9. The number of hydrogen-bond donors (Lipinski definition) is 1. The van der Waals surface area contributed by atoms with E-state index in [4.69, 9.17) is 18.5 Å². The molecule has 0 amide bonds. The first-order chi connectivity index (χ1) is 26.9. The number of phosphoric ester groups is 1. The van der Waals surface area contributed by atoms with Gasteiger partial charge in [-0.3, -0.25) is 9.05 Å². The first-order valence-electron chi connectivity index (χ1n) is 20.5. The maximum Gasteiger partial charge on any atom is 0.472 e. The van der Waals surface area contributed by atoms with Crippen LogP contribution in [0.3, 0.4) is 0 Å². The number of allylic oxidation sites excluding steroid dienone is 18. The van der Waals surface area contributed by atoms with Crippen LogP contribution in [-0.4, -0.2) is 74.9 Å².